The number of urea groups is 1. The van der Waals surface area contributed by atoms with Crippen LogP contribution in [0.1, 0.15) is 70.6 Å². The fraction of sp³-hybridized carbons (Fsp3) is 0.759. The molecule has 19 nitrogen and oxygen atoms in total. The Hall–Kier alpha value is -4.04. The summed E-state index contributed by atoms with van der Waals surface area (Å²) in [6.07, 6.45) is 4.91. The minimum absolute atomic E-state index is 0.00573. The fourth-order valence-electron chi connectivity index (χ4n) is 7.13. The number of hydrogen-bond donors (Lipinski definition) is 12. The van der Waals surface area contributed by atoms with Gasteiger partial charge in [0.2, 0.25) is 23.5 Å². The van der Waals surface area contributed by atoms with Crippen LogP contribution >= 0.6 is 11.8 Å². The molecule has 0 aromatic carbocycles. The lowest BCUT2D eigenvalue weighted by molar-refractivity contribution is -0.674. The number of unbranched alkanes of at least 4 members (excludes halogenated alkanes) is 3. The van der Waals surface area contributed by atoms with E-state index in [1.165, 1.54) is 0 Å². The van der Waals surface area contributed by atoms with E-state index in [-0.39, 0.29) is 80.7 Å². The van der Waals surface area contributed by atoms with Crippen LogP contribution < -0.4 is 53.9 Å². The smallest absolute Gasteiger partial charge is 0.347 e. The van der Waals surface area contributed by atoms with Crippen molar-refractivity contribution in [2.24, 2.45) is 11.5 Å². The normalized spacial score (nSPS) is 28.9. The van der Waals surface area contributed by atoms with Gasteiger partial charge in [-0.05, 0) is 25.7 Å². The first-order valence-corrected chi connectivity index (χ1v) is 17.9. The Morgan fingerprint density at radius 3 is 2.49 bits per heavy atom. The molecule has 6 unspecified atom stereocenters. The number of hydrogen-bond acceptors (Lipinski definition) is 13. The first-order valence-electron chi connectivity index (χ1n) is 16.9. The van der Waals surface area contributed by atoms with Gasteiger partial charge in [-0.3, -0.25) is 51.8 Å². The molecule has 0 radical (unpaired) electrons. The van der Waals surface area contributed by atoms with E-state index in [0.717, 1.165) is 37.9 Å². The van der Waals surface area contributed by atoms with Crippen LogP contribution in [0.15, 0.2) is 0 Å². The molecule has 5 rings (SSSR count). The molecule has 5 aliphatic rings. The number of aliphatic hydroxyl groups is 2. The molecule has 3 saturated heterocycles. The molecular weight excluding hydrogens is 662 g/mol. The van der Waals surface area contributed by atoms with Gasteiger partial charge in [-0.15, -0.1) is 0 Å². The van der Waals surface area contributed by atoms with E-state index in [9.17, 15) is 34.2 Å². The largest absolute Gasteiger partial charge is 0.462 e. The second-order valence-electron chi connectivity index (χ2n) is 13.1. The summed E-state index contributed by atoms with van der Waals surface area (Å²) in [6, 6.07) is -1.08. The number of esters is 1. The van der Waals surface area contributed by atoms with E-state index in [0.29, 0.717) is 24.6 Å². The molecule has 6 atom stereocenters. The number of ether oxygens (including phenoxy) is 1. The summed E-state index contributed by atoms with van der Waals surface area (Å²) >= 11 is 1.87. The molecule has 0 saturated carbocycles. The molecule has 272 valence electrons. The number of fused-ring (bicyclic) bond motifs is 1. The molecule has 14 N–H and O–H groups in total. The predicted octanol–water partition coefficient (Wildman–Crippen LogP) is -5.69. The average Bonchev–Trinajstić information content (AvgIpc) is 3.79. The van der Waals surface area contributed by atoms with Crippen LogP contribution in [-0.4, -0.2) is 123 Å². The van der Waals surface area contributed by atoms with Crippen LogP contribution in [0.3, 0.4) is 0 Å². The molecule has 0 bridgehead atoms. The van der Waals surface area contributed by atoms with E-state index < -0.39 is 35.4 Å². The van der Waals surface area contributed by atoms with Crippen LogP contribution in [0.5, 0.6) is 0 Å². The number of thioether (sulfide) groups is 1. The summed E-state index contributed by atoms with van der Waals surface area (Å²) < 4.78 is 6.92. The minimum Gasteiger partial charge on any atom is -0.462 e. The van der Waals surface area contributed by atoms with Gasteiger partial charge in [0.05, 0.1) is 25.0 Å². The maximum absolute atomic E-state index is 12.4. The number of nitrogens with one attached hydrogen (secondary N) is 8. The summed E-state index contributed by atoms with van der Waals surface area (Å²) in [5.74, 6) is -2.55. The average molecular weight is 712 g/mol. The zero-order valence-corrected chi connectivity index (χ0v) is 28.2. The number of amides is 5. The fourth-order valence-corrected chi connectivity index (χ4v) is 8.67. The summed E-state index contributed by atoms with van der Waals surface area (Å²) in [5, 5.41) is 36.6. The number of guanidine groups is 2. The number of nitrogens with zero attached hydrogens (tertiary/aromatic N) is 1. The molecule has 20 heteroatoms. The lowest BCUT2D eigenvalue weighted by atomic mass is 9.87. The van der Waals surface area contributed by atoms with E-state index in [1.54, 1.807) is 4.58 Å². The monoisotopic (exact) mass is 711 g/mol. The molecule has 0 aromatic rings. The highest BCUT2D eigenvalue weighted by molar-refractivity contribution is 8.00. The summed E-state index contributed by atoms with van der Waals surface area (Å²) in [5.41, 5.74) is 15.2. The van der Waals surface area contributed by atoms with Gasteiger partial charge in [0.25, 0.3) is 5.66 Å². The Morgan fingerprint density at radius 1 is 0.959 bits per heavy atom. The molecule has 0 aliphatic carbocycles. The minimum atomic E-state index is -2.17. The first-order chi connectivity index (χ1) is 23.4. The quantitative estimate of drug-likeness (QED) is 0.0178. The maximum Gasteiger partial charge on any atom is 0.347 e. The van der Waals surface area contributed by atoms with Gasteiger partial charge in [-0.25, -0.2) is 14.7 Å². The zero-order chi connectivity index (χ0) is 35.2. The topological polar surface area (TPSA) is 288 Å². The number of carbonyl (C=O) groups is 5. The number of rotatable bonds is 16. The van der Waals surface area contributed by atoms with Crippen molar-refractivity contribution in [3.8, 4) is 0 Å². The highest BCUT2D eigenvalue weighted by Crippen LogP contribution is 2.37. The molecule has 5 aliphatic heterocycles. The molecule has 49 heavy (non-hydrogen) atoms. The highest BCUT2D eigenvalue weighted by Gasteiger charge is 2.74. The van der Waals surface area contributed by atoms with Gasteiger partial charge in [0, 0.05) is 43.2 Å². The van der Waals surface area contributed by atoms with Crippen LogP contribution in [0, 0.1) is 0 Å². The Labute approximate surface area is 287 Å². The van der Waals surface area contributed by atoms with Crippen LogP contribution in [0.25, 0.3) is 0 Å². The number of hydrazine groups is 1. The van der Waals surface area contributed by atoms with Gasteiger partial charge in [-0.1, -0.05) is 12.8 Å². The van der Waals surface area contributed by atoms with Gasteiger partial charge >= 0.3 is 23.9 Å². The second-order valence-corrected chi connectivity index (χ2v) is 14.4. The third-order valence-electron chi connectivity index (χ3n) is 9.64. The Kier molecular flexibility index (Phi) is 11.6. The second kappa shape index (κ2) is 15.7. The highest BCUT2D eigenvalue weighted by atomic mass is 32.2. The number of nitrogens with two attached hydrogens (primary N) is 2. The number of carbonyl (C=O) groups excluding carboxylic acids is 5. The molecule has 5 amide bonds. The summed E-state index contributed by atoms with van der Waals surface area (Å²) in [7, 11) is 0. The van der Waals surface area contributed by atoms with Gasteiger partial charge in [0.15, 0.2) is 6.04 Å². The van der Waals surface area contributed by atoms with E-state index in [4.69, 9.17) is 16.2 Å². The van der Waals surface area contributed by atoms with Crippen molar-refractivity contribution < 1.29 is 48.5 Å². The lowest BCUT2D eigenvalue weighted by Gasteiger charge is -2.40. The summed E-state index contributed by atoms with van der Waals surface area (Å²) in [4.78, 5) is 63.2. The Bertz CT molecular complexity index is 1360. The van der Waals surface area contributed by atoms with Crippen molar-refractivity contribution in [3.63, 3.8) is 0 Å². The van der Waals surface area contributed by atoms with Crippen LogP contribution in [0.2, 0.25) is 0 Å². The summed E-state index contributed by atoms with van der Waals surface area (Å²) in [6.45, 7) is 0.591. The molecule has 5 heterocycles. The standard InChI is InChI=1S/C29H47N11O8S/c30-25-36-24-16(33-26(31)40-13-11-28(46,47)29(24,40)37-25)14-48-22(44)10-9-21(43)39-38-20(42)8-2-1-5-12-32-19(41)7-4-3-6-18-23-17(15-49-18)34-27(45)35-23/h16-18,23-24,46-47H,1-15H2,(H10,30,31,32,33,34,35,36,37,38,39,41,42,43,45)/p+2. The molecule has 1 spiro atoms. The first kappa shape index (κ1) is 36.2. The third-order valence-corrected chi connectivity index (χ3v) is 11.1. The lowest BCUT2D eigenvalue weighted by Crippen LogP contribution is -2.91. The van der Waals surface area contributed by atoms with Crippen molar-refractivity contribution in [2.75, 3.05) is 25.4 Å². The van der Waals surface area contributed by atoms with Crippen molar-refractivity contribution >= 4 is 53.4 Å². The van der Waals surface area contributed by atoms with Crippen molar-refractivity contribution in [1.82, 2.24) is 37.4 Å². The Balaban J connectivity index is 0.865. The van der Waals surface area contributed by atoms with Crippen molar-refractivity contribution in [2.45, 2.75) is 111 Å². The zero-order valence-electron chi connectivity index (χ0n) is 27.3. The van der Waals surface area contributed by atoms with Crippen LogP contribution in [-0.2, 0) is 23.9 Å². The van der Waals surface area contributed by atoms with Crippen molar-refractivity contribution in [3.05, 3.63) is 0 Å². The van der Waals surface area contributed by atoms with E-state index >= 15 is 0 Å². The third kappa shape index (κ3) is 8.41. The van der Waals surface area contributed by atoms with Crippen molar-refractivity contribution in [1.29, 1.82) is 0 Å². The van der Waals surface area contributed by atoms with E-state index in [2.05, 4.69) is 42.4 Å². The predicted molar refractivity (Wildman–Crippen MR) is 175 cm³/mol. The van der Waals surface area contributed by atoms with Gasteiger partial charge < -0.3 is 30.9 Å². The van der Waals surface area contributed by atoms with Gasteiger partial charge in [0.1, 0.15) is 12.6 Å². The molecular formula is C29H49N11O8S+2. The Morgan fingerprint density at radius 2 is 1.69 bits per heavy atom. The van der Waals surface area contributed by atoms with Gasteiger partial charge in [-0.2, -0.15) is 11.8 Å². The van der Waals surface area contributed by atoms with Crippen LogP contribution in [0.4, 0.5) is 4.79 Å². The maximum atomic E-state index is 12.4. The SMILES string of the molecule is NC1=[NH+]C2C(COC(=O)CCC(=O)NNC(=O)CCCCCNC(=O)CCCCC3SCC4NC(=O)NC43)NC(N)=[N+]3CCC(O)(O)C23N1. The molecule has 0 aromatic heterocycles. The molecule has 3 fully saturated rings. The van der Waals surface area contributed by atoms with E-state index in [1.807, 2.05) is 11.8 Å².